The van der Waals surface area contributed by atoms with Gasteiger partial charge in [-0.2, -0.15) is 13.2 Å². The van der Waals surface area contributed by atoms with Crippen molar-refractivity contribution in [2.45, 2.75) is 59.5 Å². The van der Waals surface area contributed by atoms with Crippen LogP contribution >= 0.6 is 22.7 Å². The monoisotopic (exact) mass is 588 g/mol. The minimum absolute atomic E-state index is 0.296. The van der Waals surface area contributed by atoms with Gasteiger partial charge in [0, 0.05) is 29.1 Å². The Hall–Kier alpha value is -3.21. The lowest BCUT2D eigenvalue weighted by molar-refractivity contribution is -0.158. The Morgan fingerprint density at radius 3 is 2.40 bits per heavy atom. The van der Waals surface area contributed by atoms with Crippen LogP contribution in [0.4, 0.5) is 13.2 Å². The first-order valence-electron chi connectivity index (χ1n) is 12.8. The topological polar surface area (TPSA) is 60.5 Å². The Balaban J connectivity index is 1.41. The van der Waals surface area contributed by atoms with Gasteiger partial charge in [0.05, 0.1) is 22.7 Å². The first kappa shape index (κ1) is 29.8. The van der Waals surface area contributed by atoms with E-state index >= 15 is 0 Å². The van der Waals surface area contributed by atoms with E-state index in [9.17, 15) is 18.0 Å². The molecule has 0 saturated carbocycles. The number of aryl methyl sites for hydroxylation is 2. The molecule has 5 nitrogen and oxygen atoms in total. The Kier molecular flexibility index (Phi) is 9.02. The molecule has 2 aromatic carbocycles. The number of esters is 1. The SMILES string of the molecule is CCOC(=O)C(C)(C)Oc1ccc(CNCc2sccc2-c2sc(-c3ccc(C(F)(F)F)cc3)nc2C)cc1C. The summed E-state index contributed by atoms with van der Waals surface area (Å²) in [6, 6.07) is 13.0. The van der Waals surface area contributed by atoms with Gasteiger partial charge in [0.15, 0.2) is 5.60 Å². The number of rotatable bonds is 10. The third kappa shape index (κ3) is 6.92. The summed E-state index contributed by atoms with van der Waals surface area (Å²) in [5.74, 6) is 0.224. The Labute approximate surface area is 240 Å². The molecule has 2 aromatic heterocycles. The van der Waals surface area contributed by atoms with Crippen LogP contribution in [0, 0.1) is 13.8 Å². The van der Waals surface area contributed by atoms with Gasteiger partial charge >= 0.3 is 12.1 Å². The normalized spacial score (nSPS) is 12.0. The average molecular weight is 589 g/mol. The molecular formula is C30H31F3N2O3S2. The number of carbonyl (C=O) groups excluding carboxylic acids is 1. The van der Waals surface area contributed by atoms with Gasteiger partial charge in [-0.1, -0.05) is 24.3 Å². The van der Waals surface area contributed by atoms with E-state index in [0.717, 1.165) is 44.3 Å². The number of nitrogens with zero attached hydrogens (tertiary/aromatic N) is 1. The highest BCUT2D eigenvalue weighted by molar-refractivity contribution is 7.19. The van der Waals surface area contributed by atoms with Crippen LogP contribution in [0.3, 0.4) is 0 Å². The van der Waals surface area contributed by atoms with Gasteiger partial charge < -0.3 is 14.8 Å². The largest absolute Gasteiger partial charge is 0.476 e. The molecule has 4 rings (SSSR count). The van der Waals surface area contributed by atoms with Gasteiger partial charge in [-0.15, -0.1) is 22.7 Å². The van der Waals surface area contributed by atoms with Crippen LogP contribution < -0.4 is 10.1 Å². The Morgan fingerprint density at radius 1 is 1.02 bits per heavy atom. The van der Waals surface area contributed by atoms with Crippen LogP contribution in [0.15, 0.2) is 53.9 Å². The van der Waals surface area contributed by atoms with Gasteiger partial charge in [-0.25, -0.2) is 9.78 Å². The number of thiazole rings is 1. The molecule has 0 radical (unpaired) electrons. The lowest BCUT2D eigenvalue weighted by atomic mass is 10.1. The minimum Gasteiger partial charge on any atom is -0.476 e. The molecule has 0 saturated heterocycles. The fraction of sp³-hybridized carbons (Fsp3) is 0.333. The Morgan fingerprint density at radius 2 is 1.75 bits per heavy atom. The standard InChI is InChI=1S/C30H31F3N2O3S2/c1-6-37-28(36)29(4,5)38-24-12-7-20(15-18(24)2)16-34-17-25-23(13-14-39-25)26-19(3)35-27(40-26)21-8-10-22(11-9-21)30(31,32)33/h7-15,34H,6,16-17H2,1-5H3. The van der Waals surface area contributed by atoms with E-state index < -0.39 is 23.3 Å². The lowest BCUT2D eigenvalue weighted by Gasteiger charge is -2.25. The van der Waals surface area contributed by atoms with Crippen LogP contribution in [-0.2, 0) is 28.8 Å². The number of alkyl halides is 3. The van der Waals surface area contributed by atoms with Crippen molar-refractivity contribution in [3.05, 3.63) is 81.2 Å². The molecule has 0 aliphatic carbocycles. The van der Waals surface area contributed by atoms with Crippen molar-refractivity contribution < 1.29 is 27.4 Å². The number of thiophene rings is 1. The summed E-state index contributed by atoms with van der Waals surface area (Å²) in [6.45, 7) is 10.6. The van der Waals surface area contributed by atoms with E-state index in [-0.39, 0.29) is 0 Å². The summed E-state index contributed by atoms with van der Waals surface area (Å²) in [4.78, 5) is 19.0. The van der Waals surface area contributed by atoms with Crippen molar-refractivity contribution in [1.29, 1.82) is 0 Å². The molecule has 0 fully saturated rings. The molecule has 0 aliphatic rings. The molecule has 212 valence electrons. The smallest absolute Gasteiger partial charge is 0.416 e. The fourth-order valence-corrected chi connectivity index (χ4v) is 6.17. The van der Waals surface area contributed by atoms with Crippen molar-refractivity contribution in [1.82, 2.24) is 10.3 Å². The number of ether oxygens (including phenoxy) is 2. The van der Waals surface area contributed by atoms with Crippen LogP contribution in [-0.4, -0.2) is 23.2 Å². The second-order valence-corrected chi connectivity index (χ2v) is 11.8. The van der Waals surface area contributed by atoms with E-state index in [1.54, 1.807) is 32.1 Å². The van der Waals surface area contributed by atoms with E-state index in [4.69, 9.17) is 9.47 Å². The molecule has 10 heteroatoms. The quantitative estimate of drug-likeness (QED) is 0.189. The molecule has 1 N–H and O–H groups in total. The summed E-state index contributed by atoms with van der Waals surface area (Å²) in [6.07, 6.45) is -4.36. The number of nitrogens with one attached hydrogen (secondary N) is 1. The second-order valence-electron chi connectivity index (χ2n) is 9.80. The first-order valence-corrected chi connectivity index (χ1v) is 14.5. The maximum Gasteiger partial charge on any atom is 0.416 e. The molecule has 0 unspecified atom stereocenters. The van der Waals surface area contributed by atoms with Crippen LogP contribution in [0.1, 0.15) is 48.0 Å². The summed E-state index contributed by atoms with van der Waals surface area (Å²) in [7, 11) is 0. The third-order valence-corrected chi connectivity index (χ3v) is 8.39. The predicted molar refractivity (Wildman–Crippen MR) is 154 cm³/mol. The summed E-state index contributed by atoms with van der Waals surface area (Å²) in [5, 5.41) is 6.22. The van der Waals surface area contributed by atoms with Crippen molar-refractivity contribution in [3.63, 3.8) is 0 Å². The third-order valence-electron chi connectivity index (χ3n) is 6.23. The molecule has 0 spiro atoms. The number of hydrogen-bond donors (Lipinski definition) is 1. The zero-order chi connectivity index (χ0) is 29.1. The maximum absolute atomic E-state index is 12.9. The summed E-state index contributed by atoms with van der Waals surface area (Å²) < 4.78 is 49.9. The van der Waals surface area contributed by atoms with E-state index in [1.165, 1.54) is 23.5 Å². The van der Waals surface area contributed by atoms with E-state index in [2.05, 4.69) is 16.4 Å². The predicted octanol–water partition coefficient (Wildman–Crippen LogP) is 8.18. The van der Waals surface area contributed by atoms with Crippen molar-refractivity contribution in [2.24, 2.45) is 0 Å². The molecule has 0 amide bonds. The Bertz CT molecular complexity index is 1470. The van der Waals surface area contributed by atoms with Gasteiger partial charge in [0.2, 0.25) is 0 Å². The summed E-state index contributed by atoms with van der Waals surface area (Å²) >= 11 is 3.12. The van der Waals surface area contributed by atoms with Crippen LogP contribution in [0.5, 0.6) is 5.75 Å². The van der Waals surface area contributed by atoms with E-state index in [0.29, 0.717) is 36.0 Å². The average Bonchev–Trinajstić information content (AvgIpc) is 3.51. The number of hydrogen-bond acceptors (Lipinski definition) is 7. The molecule has 40 heavy (non-hydrogen) atoms. The van der Waals surface area contributed by atoms with Gasteiger partial charge in [0.1, 0.15) is 10.8 Å². The first-order chi connectivity index (χ1) is 18.9. The zero-order valence-electron chi connectivity index (χ0n) is 22.9. The summed E-state index contributed by atoms with van der Waals surface area (Å²) in [5.41, 5.74) is 2.82. The highest BCUT2D eigenvalue weighted by atomic mass is 32.1. The molecule has 2 heterocycles. The maximum atomic E-state index is 12.9. The molecular weight excluding hydrogens is 557 g/mol. The molecule has 0 atom stereocenters. The highest BCUT2D eigenvalue weighted by Gasteiger charge is 2.32. The number of benzene rings is 2. The van der Waals surface area contributed by atoms with E-state index in [1.807, 2.05) is 37.4 Å². The number of carbonyl (C=O) groups is 1. The second kappa shape index (κ2) is 12.1. The van der Waals surface area contributed by atoms with Crippen molar-refractivity contribution in [2.75, 3.05) is 6.61 Å². The fourth-order valence-electron chi connectivity index (χ4n) is 4.13. The van der Waals surface area contributed by atoms with Gasteiger partial charge in [-0.05, 0) is 75.4 Å². The molecule has 0 aliphatic heterocycles. The lowest BCUT2D eigenvalue weighted by Crippen LogP contribution is -2.39. The van der Waals surface area contributed by atoms with Gasteiger partial charge in [0.25, 0.3) is 0 Å². The van der Waals surface area contributed by atoms with Gasteiger partial charge in [-0.3, -0.25) is 0 Å². The molecule has 4 aromatic rings. The molecule has 0 bridgehead atoms. The highest BCUT2D eigenvalue weighted by Crippen LogP contribution is 2.39. The van der Waals surface area contributed by atoms with Crippen LogP contribution in [0.25, 0.3) is 21.0 Å². The minimum atomic E-state index is -4.36. The number of halogens is 3. The van der Waals surface area contributed by atoms with Crippen molar-refractivity contribution in [3.8, 4) is 26.8 Å². The zero-order valence-corrected chi connectivity index (χ0v) is 24.6. The van der Waals surface area contributed by atoms with Crippen molar-refractivity contribution >= 4 is 28.6 Å². The number of aromatic nitrogens is 1. The van der Waals surface area contributed by atoms with Crippen LogP contribution in [0.2, 0.25) is 0 Å².